The number of aliphatic hydroxyl groups is 1. The normalized spacial score (nSPS) is 19.1. The van der Waals surface area contributed by atoms with E-state index in [0.717, 1.165) is 35.3 Å². The van der Waals surface area contributed by atoms with Crippen molar-refractivity contribution in [2.75, 3.05) is 18.1 Å². The Labute approximate surface area is 254 Å². The number of hydrogen-bond donors (Lipinski definition) is 1. The van der Waals surface area contributed by atoms with Crippen LogP contribution in [0.1, 0.15) is 62.8 Å². The maximum absolute atomic E-state index is 13.7. The van der Waals surface area contributed by atoms with Crippen molar-refractivity contribution in [3.63, 3.8) is 0 Å². The summed E-state index contributed by atoms with van der Waals surface area (Å²) < 4.78 is 18.2. The number of amides is 1. The van der Waals surface area contributed by atoms with Crippen LogP contribution in [0, 0.1) is 0 Å². The van der Waals surface area contributed by atoms with Crippen molar-refractivity contribution in [3.8, 4) is 17.2 Å². The van der Waals surface area contributed by atoms with E-state index < -0.39 is 17.7 Å². The topological polar surface area (TPSA) is 98.2 Å². The Kier molecular flexibility index (Phi) is 8.08. The average molecular weight is 599 g/mol. The van der Waals surface area contributed by atoms with Crippen molar-refractivity contribution in [1.82, 2.24) is 4.98 Å². The first-order chi connectivity index (χ1) is 20.9. The van der Waals surface area contributed by atoms with Gasteiger partial charge in [0.05, 0.1) is 35.0 Å². The van der Waals surface area contributed by atoms with Gasteiger partial charge < -0.3 is 19.3 Å². The molecule has 0 radical (unpaired) electrons. The predicted molar refractivity (Wildman–Crippen MR) is 167 cm³/mol. The minimum absolute atomic E-state index is 0.0165. The van der Waals surface area contributed by atoms with Gasteiger partial charge in [0.2, 0.25) is 0 Å². The van der Waals surface area contributed by atoms with Crippen molar-refractivity contribution >= 4 is 44.1 Å². The molecule has 0 spiro atoms. The number of unbranched alkanes of at least 4 members (excludes halogenated alkanes) is 2. The fraction of sp³-hybridized carbons (Fsp3) is 0.324. The highest BCUT2D eigenvalue weighted by atomic mass is 32.1. The van der Waals surface area contributed by atoms with Crippen LogP contribution in [0.15, 0.2) is 66.2 Å². The lowest BCUT2D eigenvalue weighted by molar-refractivity contribution is -0.132. The third-order valence-electron chi connectivity index (χ3n) is 7.69. The van der Waals surface area contributed by atoms with Gasteiger partial charge in [0.25, 0.3) is 5.78 Å². The van der Waals surface area contributed by atoms with Crippen molar-refractivity contribution in [2.24, 2.45) is 0 Å². The second-order valence-corrected chi connectivity index (χ2v) is 11.8. The molecule has 6 rings (SSSR count). The van der Waals surface area contributed by atoms with Gasteiger partial charge in [0.1, 0.15) is 29.1 Å². The maximum atomic E-state index is 13.7. The summed E-state index contributed by atoms with van der Waals surface area (Å²) in [5, 5.41) is 12.0. The molecule has 0 unspecified atom stereocenters. The van der Waals surface area contributed by atoms with Gasteiger partial charge in [0.15, 0.2) is 5.13 Å². The number of anilines is 1. The molecule has 3 heterocycles. The van der Waals surface area contributed by atoms with Gasteiger partial charge in [-0.3, -0.25) is 14.5 Å². The van der Waals surface area contributed by atoms with Crippen LogP contribution in [0.2, 0.25) is 0 Å². The van der Waals surface area contributed by atoms with Gasteiger partial charge >= 0.3 is 5.91 Å². The molecule has 222 valence electrons. The number of hydrogen-bond acceptors (Lipinski definition) is 8. The summed E-state index contributed by atoms with van der Waals surface area (Å²) in [5.41, 5.74) is 2.77. The zero-order valence-corrected chi connectivity index (χ0v) is 25.3. The molecule has 2 aliphatic heterocycles. The van der Waals surface area contributed by atoms with Crippen LogP contribution >= 0.6 is 11.3 Å². The summed E-state index contributed by atoms with van der Waals surface area (Å²) in [7, 11) is 0. The molecule has 9 heteroatoms. The SMILES string of the molecule is CCCCCOc1ccc([C@H]2/C(=C(\O)c3ccc4c(c3)C[C@@H](C)O4)C(=O)C(=O)N2c2nc3ccc(OCC)cc3s2)cc1. The van der Waals surface area contributed by atoms with E-state index in [1.165, 1.54) is 16.2 Å². The zero-order chi connectivity index (χ0) is 30.1. The number of rotatable bonds is 10. The number of aromatic nitrogens is 1. The van der Waals surface area contributed by atoms with Crippen LogP contribution < -0.4 is 19.1 Å². The van der Waals surface area contributed by atoms with Gasteiger partial charge in [0, 0.05) is 12.0 Å². The number of Topliss-reactive ketones (excluding diaryl/α,β-unsaturated/α-hetero) is 1. The molecule has 0 saturated carbocycles. The number of thiazole rings is 1. The molecule has 43 heavy (non-hydrogen) atoms. The number of carbonyl (C=O) groups excluding carboxylic acids is 2. The Balaban J connectivity index is 1.43. The van der Waals surface area contributed by atoms with E-state index in [-0.39, 0.29) is 17.4 Å². The van der Waals surface area contributed by atoms with Crippen molar-refractivity contribution in [1.29, 1.82) is 0 Å². The Morgan fingerprint density at radius 1 is 1.02 bits per heavy atom. The number of ketones is 1. The first-order valence-electron chi connectivity index (χ1n) is 14.7. The second-order valence-electron chi connectivity index (χ2n) is 10.8. The average Bonchev–Trinajstić information content (AvgIpc) is 3.67. The van der Waals surface area contributed by atoms with Gasteiger partial charge in [-0.05, 0) is 79.9 Å². The van der Waals surface area contributed by atoms with Gasteiger partial charge in [-0.1, -0.05) is 43.2 Å². The predicted octanol–water partition coefficient (Wildman–Crippen LogP) is 7.21. The molecule has 1 aromatic heterocycles. The fourth-order valence-electron chi connectivity index (χ4n) is 5.61. The second kappa shape index (κ2) is 12.1. The van der Waals surface area contributed by atoms with E-state index in [2.05, 4.69) is 6.92 Å². The van der Waals surface area contributed by atoms with E-state index in [1.54, 1.807) is 12.1 Å². The molecule has 1 fully saturated rings. The minimum atomic E-state index is -0.885. The number of fused-ring (bicyclic) bond motifs is 2. The van der Waals surface area contributed by atoms with Crippen LogP contribution in [0.3, 0.4) is 0 Å². The van der Waals surface area contributed by atoms with E-state index in [0.29, 0.717) is 52.9 Å². The quantitative estimate of drug-likeness (QED) is 0.0891. The molecule has 3 aromatic carbocycles. The van der Waals surface area contributed by atoms with Crippen molar-refractivity contribution < 1.29 is 28.9 Å². The lowest BCUT2D eigenvalue weighted by atomic mass is 9.94. The number of nitrogens with zero attached hydrogens (tertiary/aromatic N) is 2. The van der Waals surface area contributed by atoms with Crippen molar-refractivity contribution in [3.05, 3.63) is 82.9 Å². The van der Waals surface area contributed by atoms with E-state index in [1.807, 2.05) is 62.4 Å². The number of carbonyl (C=O) groups is 2. The first kappa shape index (κ1) is 28.7. The Morgan fingerprint density at radius 2 is 1.81 bits per heavy atom. The lowest BCUT2D eigenvalue weighted by Crippen LogP contribution is -2.29. The summed E-state index contributed by atoms with van der Waals surface area (Å²) in [4.78, 5) is 33.5. The van der Waals surface area contributed by atoms with E-state index in [9.17, 15) is 14.7 Å². The number of ether oxygens (including phenoxy) is 3. The minimum Gasteiger partial charge on any atom is -0.507 e. The highest BCUT2D eigenvalue weighted by molar-refractivity contribution is 7.22. The Morgan fingerprint density at radius 3 is 2.58 bits per heavy atom. The molecule has 1 saturated heterocycles. The van der Waals surface area contributed by atoms with Crippen LogP contribution in [0.5, 0.6) is 17.2 Å². The van der Waals surface area contributed by atoms with Crippen LogP contribution in [0.25, 0.3) is 16.0 Å². The molecule has 8 nitrogen and oxygen atoms in total. The molecule has 1 amide bonds. The lowest BCUT2D eigenvalue weighted by Gasteiger charge is -2.23. The summed E-state index contributed by atoms with van der Waals surface area (Å²) >= 11 is 1.30. The molecule has 4 aromatic rings. The molecular weight excluding hydrogens is 564 g/mol. The number of benzene rings is 3. The summed E-state index contributed by atoms with van der Waals surface area (Å²) in [5.74, 6) is 0.431. The third-order valence-corrected chi connectivity index (χ3v) is 8.71. The molecule has 1 N–H and O–H groups in total. The number of aliphatic hydroxyl groups excluding tert-OH is 1. The summed E-state index contributed by atoms with van der Waals surface area (Å²) in [6.07, 6.45) is 3.89. The van der Waals surface area contributed by atoms with Gasteiger partial charge in [-0.2, -0.15) is 0 Å². The zero-order valence-electron chi connectivity index (χ0n) is 24.5. The maximum Gasteiger partial charge on any atom is 0.301 e. The van der Waals surface area contributed by atoms with Crippen LogP contribution in [-0.2, 0) is 16.0 Å². The monoisotopic (exact) mass is 598 g/mol. The Bertz CT molecular complexity index is 1710. The third kappa shape index (κ3) is 5.57. The molecule has 0 bridgehead atoms. The standard InChI is InChI=1S/C34H34N2O6S/c1-4-6-7-16-41-24-11-8-21(9-12-24)30-29(31(37)22-10-15-27-23(18-22)17-20(3)42-27)32(38)33(39)36(30)34-35-26-14-13-25(40-5-2)19-28(26)43-34/h8-15,18-20,30,37H,4-7,16-17H2,1-3H3/b31-29+/t20-,30+/m1/s1. The fourth-order valence-corrected chi connectivity index (χ4v) is 6.63. The van der Waals surface area contributed by atoms with Crippen molar-refractivity contribution in [2.45, 2.75) is 58.6 Å². The van der Waals surface area contributed by atoms with E-state index >= 15 is 0 Å². The Hall–Kier alpha value is -4.37. The van der Waals surface area contributed by atoms with Gasteiger partial charge in [-0.25, -0.2) is 4.98 Å². The summed E-state index contributed by atoms with van der Waals surface area (Å²) in [6.45, 7) is 7.18. The largest absolute Gasteiger partial charge is 0.507 e. The molecule has 2 atom stereocenters. The van der Waals surface area contributed by atoms with Gasteiger partial charge in [-0.15, -0.1) is 0 Å². The highest BCUT2D eigenvalue weighted by Crippen LogP contribution is 2.45. The first-order valence-corrected chi connectivity index (χ1v) is 15.6. The van der Waals surface area contributed by atoms with E-state index in [4.69, 9.17) is 19.2 Å². The van der Waals surface area contributed by atoms with Crippen LogP contribution in [-0.4, -0.2) is 41.1 Å². The molecule has 2 aliphatic rings. The van der Waals surface area contributed by atoms with Crippen LogP contribution in [0.4, 0.5) is 5.13 Å². The molecular formula is C34H34N2O6S. The highest BCUT2D eigenvalue weighted by Gasteiger charge is 2.48. The summed E-state index contributed by atoms with van der Waals surface area (Å²) in [6, 6.07) is 17.4. The smallest absolute Gasteiger partial charge is 0.301 e. The molecule has 0 aliphatic carbocycles.